The Labute approximate surface area is 326 Å². The lowest BCUT2D eigenvalue weighted by Crippen LogP contribution is -2.27. The van der Waals surface area contributed by atoms with Gasteiger partial charge in [0.2, 0.25) is 0 Å². The molecule has 0 aromatic rings. The van der Waals surface area contributed by atoms with Crippen LogP contribution in [0, 0.1) is 11.8 Å². The van der Waals surface area contributed by atoms with Crippen LogP contribution >= 0.6 is 0 Å². The Morgan fingerprint density at radius 3 is 0.608 bits per heavy atom. The largest absolute Gasteiger partial charge is 0.303 e. The van der Waals surface area contributed by atoms with Crippen molar-refractivity contribution in [2.24, 2.45) is 11.8 Å². The van der Waals surface area contributed by atoms with Crippen LogP contribution in [0.1, 0.15) is 291 Å². The van der Waals surface area contributed by atoms with Crippen molar-refractivity contribution < 1.29 is 0 Å². The fourth-order valence-corrected chi connectivity index (χ4v) is 8.18. The van der Waals surface area contributed by atoms with E-state index in [0.29, 0.717) is 0 Å². The second-order valence-electron chi connectivity index (χ2n) is 18.3. The standard InChI is InChI=1S/C50H103N/c1-6-7-8-9-10-11-12-13-16-21-26-31-36-41-46-51(47-42-37-32-27-22-17-14-19-24-29-34-39-44-49(2)3)48-43-38-33-28-23-18-15-20-25-30-35-40-45-50(4)5/h49-50H,6-48H2,1-5H3. The molecule has 0 bridgehead atoms. The Balaban J connectivity index is 3.95. The molecule has 0 aromatic carbocycles. The summed E-state index contributed by atoms with van der Waals surface area (Å²) < 4.78 is 0. The zero-order valence-corrected chi connectivity index (χ0v) is 37.0. The zero-order valence-electron chi connectivity index (χ0n) is 37.0. The van der Waals surface area contributed by atoms with Crippen LogP contribution in [0.4, 0.5) is 0 Å². The van der Waals surface area contributed by atoms with Gasteiger partial charge in [0.15, 0.2) is 0 Å². The highest BCUT2D eigenvalue weighted by Gasteiger charge is 2.06. The highest BCUT2D eigenvalue weighted by Crippen LogP contribution is 2.17. The lowest BCUT2D eigenvalue weighted by atomic mass is 10.0. The topological polar surface area (TPSA) is 3.24 Å². The summed E-state index contributed by atoms with van der Waals surface area (Å²) in [5.74, 6) is 1.78. The zero-order chi connectivity index (χ0) is 37.1. The minimum atomic E-state index is 0.889. The van der Waals surface area contributed by atoms with Crippen molar-refractivity contribution in [2.75, 3.05) is 19.6 Å². The van der Waals surface area contributed by atoms with Crippen LogP contribution in [0.2, 0.25) is 0 Å². The minimum absolute atomic E-state index is 0.889. The molecule has 1 heteroatoms. The van der Waals surface area contributed by atoms with E-state index in [9.17, 15) is 0 Å². The predicted octanol–water partition coefficient (Wildman–Crippen LogP) is 18.2. The first kappa shape index (κ1) is 51.0. The molecule has 0 N–H and O–H groups in total. The number of hydrogen-bond acceptors (Lipinski definition) is 1. The summed E-state index contributed by atoms with van der Waals surface area (Å²) in [5, 5.41) is 0. The van der Waals surface area contributed by atoms with E-state index in [1.807, 2.05) is 0 Å². The quantitative estimate of drug-likeness (QED) is 0.0567. The summed E-state index contributed by atoms with van der Waals surface area (Å²) in [6, 6.07) is 0. The monoisotopic (exact) mass is 718 g/mol. The van der Waals surface area contributed by atoms with Gasteiger partial charge in [0.1, 0.15) is 0 Å². The SMILES string of the molecule is CCCCCCCCCCCCCCCCN(CCCCCCCCCCCCCCC(C)C)CCCCCCCCCCCCCCC(C)C. The maximum Gasteiger partial charge on any atom is -0.00187 e. The summed E-state index contributed by atoms with van der Waals surface area (Å²) in [6.07, 6.45) is 58.6. The van der Waals surface area contributed by atoms with Gasteiger partial charge in [-0.2, -0.15) is 0 Å². The molecule has 0 fully saturated rings. The van der Waals surface area contributed by atoms with Gasteiger partial charge < -0.3 is 4.90 Å². The van der Waals surface area contributed by atoms with E-state index in [-0.39, 0.29) is 0 Å². The van der Waals surface area contributed by atoms with Gasteiger partial charge in [-0.05, 0) is 50.7 Å². The average Bonchev–Trinajstić information content (AvgIpc) is 3.11. The molecular weight excluding hydrogens is 615 g/mol. The third kappa shape index (κ3) is 46.0. The molecule has 0 amide bonds. The van der Waals surface area contributed by atoms with E-state index in [2.05, 4.69) is 39.5 Å². The normalized spacial score (nSPS) is 12.0. The highest BCUT2D eigenvalue weighted by atomic mass is 15.1. The van der Waals surface area contributed by atoms with E-state index in [0.717, 1.165) is 11.8 Å². The Morgan fingerprint density at radius 1 is 0.235 bits per heavy atom. The lowest BCUT2D eigenvalue weighted by molar-refractivity contribution is 0.254. The first-order valence-corrected chi connectivity index (χ1v) is 24.8. The first-order chi connectivity index (χ1) is 25.1. The van der Waals surface area contributed by atoms with Crippen molar-refractivity contribution in [3.8, 4) is 0 Å². The van der Waals surface area contributed by atoms with Crippen LogP contribution in [0.5, 0.6) is 0 Å². The third-order valence-electron chi connectivity index (χ3n) is 11.8. The summed E-state index contributed by atoms with van der Waals surface area (Å²) in [7, 11) is 0. The molecule has 0 saturated carbocycles. The number of nitrogens with zero attached hydrogens (tertiary/aromatic N) is 1. The number of hydrogen-bond donors (Lipinski definition) is 0. The Bertz CT molecular complexity index is 560. The van der Waals surface area contributed by atoms with E-state index < -0.39 is 0 Å². The van der Waals surface area contributed by atoms with E-state index >= 15 is 0 Å². The molecule has 0 aliphatic rings. The second kappa shape index (κ2) is 44.4. The highest BCUT2D eigenvalue weighted by molar-refractivity contribution is 4.61. The molecule has 308 valence electrons. The van der Waals surface area contributed by atoms with E-state index in [1.54, 1.807) is 0 Å². The van der Waals surface area contributed by atoms with Crippen molar-refractivity contribution in [3.05, 3.63) is 0 Å². The van der Waals surface area contributed by atoms with Gasteiger partial charge >= 0.3 is 0 Å². The van der Waals surface area contributed by atoms with Crippen LogP contribution in [-0.4, -0.2) is 24.5 Å². The van der Waals surface area contributed by atoms with Crippen molar-refractivity contribution in [1.82, 2.24) is 4.90 Å². The Kier molecular flexibility index (Phi) is 44.3. The molecule has 0 unspecified atom stereocenters. The molecule has 1 nitrogen and oxygen atoms in total. The predicted molar refractivity (Wildman–Crippen MR) is 236 cm³/mol. The first-order valence-electron chi connectivity index (χ1n) is 24.8. The van der Waals surface area contributed by atoms with Crippen molar-refractivity contribution in [2.45, 2.75) is 291 Å². The van der Waals surface area contributed by atoms with Gasteiger partial charge in [-0.3, -0.25) is 0 Å². The molecule has 0 atom stereocenters. The molecule has 0 aromatic heterocycles. The molecule has 0 saturated heterocycles. The fraction of sp³-hybridized carbons (Fsp3) is 1.00. The summed E-state index contributed by atoms with van der Waals surface area (Å²) in [4.78, 5) is 2.88. The third-order valence-corrected chi connectivity index (χ3v) is 11.8. The molecule has 51 heavy (non-hydrogen) atoms. The second-order valence-corrected chi connectivity index (χ2v) is 18.3. The van der Waals surface area contributed by atoms with Gasteiger partial charge in [-0.25, -0.2) is 0 Å². The maximum absolute atomic E-state index is 2.88. The van der Waals surface area contributed by atoms with Crippen LogP contribution < -0.4 is 0 Å². The number of unbranched alkanes of at least 4 members (excludes halogenated alkanes) is 35. The van der Waals surface area contributed by atoms with Crippen molar-refractivity contribution >= 4 is 0 Å². The lowest BCUT2D eigenvalue weighted by Gasteiger charge is -2.22. The van der Waals surface area contributed by atoms with Crippen molar-refractivity contribution in [1.29, 1.82) is 0 Å². The molecule has 0 heterocycles. The Hall–Kier alpha value is -0.0400. The molecule has 0 aliphatic carbocycles. The molecular formula is C50H103N. The summed E-state index contributed by atoms with van der Waals surface area (Å²) >= 11 is 0. The van der Waals surface area contributed by atoms with Gasteiger partial charge in [0.25, 0.3) is 0 Å². The smallest absolute Gasteiger partial charge is 0.00187 e. The van der Waals surface area contributed by atoms with Gasteiger partial charge in [-0.1, -0.05) is 272 Å². The van der Waals surface area contributed by atoms with Crippen LogP contribution in [0.25, 0.3) is 0 Å². The Morgan fingerprint density at radius 2 is 0.412 bits per heavy atom. The van der Waals surface area contributed by atoms with Crippen LogP contribution in [0.15, 0.2) is 0 Å². The molecule has 0 rings (SSSR count). The molecule has 0 spiro atoms. The molecule has 0 aliphatic heterocycles. The minimum Gasteiger partial charge on any atom is -0.303 e. The van der Waals surface area contributed by atoms with Crippen LogP contribution in [-0.2, 0) is 0 Å². The van der Waals surface area contributed by atoms with Gasteiger partial charge in [-0.15, -0.1) is 0 Å². The summed E-state index contributed by atoms with van der Waals surface area (Å²) in [5.41, 5.74) is 0. The number of rotatable bonds is 45. The van der Waals surface area contributed by atoms with Gasteiger partial charge in [0.05, 0.1) is 0 Å². The van der Waals surface area contributed by atoms with E-state index in [4.69, 9.17) is 0 Å². The van der Waals surface area contributed by atoms with Crippen molar-refractivity contribution in [3.63, 3.8) is 0 Å². The van der Waals surface area contributed by atoms with E-state index in [1.165, 1.54) is 276 Å². The van der Waals surface area contributed by atoms with Gasteiger partial charge in [0, 0.05) is 0 Å². The average molecular weight is 718 g/mol. The molecule has 0 radical (unpaired) electrons. The van der Waals surface area contributed by atoms with Crippen LogP contribution in [0.3, 0.4) is 0 Å². The summed E-state index contributed by atoms with van der Waals surface area (Å²) in [6.45, 7) is 15.9. The maximum atomic E-state index is 2.88. The fourth-order valence-electron chi connectivity index (χ4n) is 8.18.